The van der Waals surface area contributed by atoms with E-state index in [1.807, 2.05) is 6.07 Å². The average molecular weight is 305 g/mol. The predicted octanol–water partition coefficient (Wildman–Crippen LogP) is 3.75. The molecule has 0 bridgehead atoms. The highest BCUT2D eigenvalue weighted by atomic mass is 32.1. The van der Waals surface area contributed by atoms with Crippen molar-refractivity contribution in [3.63, 3.8) is 0 Å². The fourth-order valence-corrected chi connectivity index (χ4v) is 3.16. The lowest BCUT2D eigenvalue weighted by Gasteiger charge is -2.21. The molecule has 3 rings (SSSR count). The Labute approximate surface area is 126 Å². The van der Waals surface area contributed by atoms with Crippen molar-refractivity contribution in [2.24, 2.45) is 0 Å². The fraction of sp³-hybridized carbons (Fsp3) is 0.312. The van der Waals surface area contributed by atoms with Crippen molar-refractivity contribution < 1.29 is 14.3 Å². The molecule has 0 unspecified atom stereocenters. The Morgan fingerprint density at radius 3 is 2.76 bits per heavy atom. The molecule has 1 saturated carbocycles. The highest BCUT2D eigenvalue weighted by Crippen LogP contribution is 2.30. The van der Waals surface area contributed by atoms with E-state index in [2.05, 4.69) is 16.3 Å². The Balaban J connectivity index is 1.76. The topological polar surface area (TPSA) is 40.5 Å². The van der Waals surface area contributed by atoms with Gasteiger partial charge in [-0.3, -0.25) is 4.90 Å². The average Bonchev–Trinajstić information content (AvgIpc) is 3.18. The highest BCUT2D eigenvalue weighted by Gasteiger charge is 2.29. The van der Waals surface area contributed by atoms with Crippen molar-refractivity contribution in [3.05, 3.63) is 57.5 Å². The van der Waals surface area contributed by atoms with Gasteiger partial charge in [-0.15, -0.1) is 11.3 Å². The summed E-state index contributed by atoms with van der Waals surface area (Å²) < 4.78 is 13.4. The summed E-state index contributed by atoms with van der Waals surface area (Å²) in [6.07, 6.45) is 2.36. The van der Waals surface area contributed by atoms with Gasteiger partial charge in [0, 0.05) is 24.0 Å². The van der Waals surface area contributed by atoms with Crippen LogP contribution >= 0.6 is 11.3 Å². The molecule has 0 atom stereocenters. The van der Waals surface area contributed by atoms with Crippen LogP contribution in [0.1, 0.15) is 33.6 Å². The summed E-state index contributed by atoms with van der Waals surface area (Å²) >= 11 is 1.72. The zero-order valence-electron chi connectivity index (χ0n) is 11.5. The maximum Gasteiger partial charge on any atom is 0.338 e. The predicted molar refractivity (Wildman–Crippen MR) is 79.9 cm³/mol. The van der Waals surface area contributed by atoms with E-state index < -0.39 is 11.8 Å². The molecular formula is C16H16FNO2S. The minimum absolute atomic E-state index is 0.251. The van der Waals surface area contributed by atoms with Crippen molar-refractivity contribution in [1.29, 1.82) is 0 Å². The largest absolute Gasteiger partial charge is 0.478 e. The summed E-state index contributed by atoms with van der Waals surface area (Å²) in [5, 5.41) is 11.1. The molecule has 110 valence electrons. The molecule has 1 aliphatic carbocycles. The van der Waals surface area contributed by atoms with E-state index in [4.69, 9.17) is 5.11 Å². The second kappa shape index (κ2) is 5.95. The van der Waals surface area contributed by atoms with Crippen LogP contribution in [0.2, 0.25) is 0 Å². The van der Waals surface area contributed by atoms with Crippen molar-refractivity contribution in [2.75, 3.05) is 0 Å². The second-order valence-electron chi connectivity index (χ2n) is 5.33. The summed E-state index contributed by atoms with van der Waals surface area (Å²) in [7, 11) is 0. The Hall–Kier alpha value is -1.72. The summed E-state index contributed by atoms with van der Waals surface area (Å²) in [6.45, 7) is 1.52. The minimum Gasteiger partial charge on any atom is -0.478 e. The van der Waals surface area contributed by atoms with E-state index in [-0.39, 0.29) is 5.56 Å². The first-order chi connectivity index (χ1) is 10.1. The van der Waals surface area contributed by atoms with Gasteiger partial charge in [0.1, 0.15) is 5.82 Å². The minimum atomic E-state index is -1.22. The van der Waals surface area contributed by atoms with Gasteiger partial charge in [0.25, 0.3) is 0 Å². The normalized spacial score (nSPS) is 14.6. The number of halogens is 1. The van der Waals surface area contributed by atoms with Gasteiger partial charge < -0.3 is 5.11 Å². The Kier molecular flexibility index (Phi) is 4.03. The summed E-state index contributed by atoms with van der Waals surface area (Å²) in [5.74, 6) is -1.90. The quantitative estimate of drug-likeness (QED) is 0.883. The zero-order chi connectivity index (χ0) is 14.8. The van der Waals surface area contributed by atoms with Crippen LogP contribution in [0, 0.1) is 5.82 Å². The molecule has 1 aliphatic rings. The highest BCUT2D eigenvalue weighted by molar-refractivity contribution is 7.09. The summed E-state index contributed by atoms with van der Waals surface area (Å²) in [5.41, 5.74) is 0.594. The third kappa shape index (κ3) is 3.49. The van der Waals surface area contributed by atoms with Crippen LogP contribution in [0.15, 0.2) is 35.7 Å². The molecule has 0 radical (unpaired) electrons. The van der Waals surface area contributed by atoms with Gasteiger partial charge in [0.05, 0.1) is 5.56 Å². The molecule has 21 heavy (non-hydrogen) atoms. The van der Waals surface area contributed by atoms with E-state index in [1.54, 1.807) is 17.4 Å². The first-order valence-corrected chi connectivity index (χ1v) is 7.79. The Morgan fingerprint density at radius 1 is 1.33 bits per heavy atom. The van der Waals surface area contributed by atoms with Crippen LogP contribution in [0.3, 0.4) is 0 Å². The van der Waals surface area contributed by atoms with Gasteiger partial charge in [-0.25, -0.2) is 9.18 Å². The Morgan fingerprint density at radius 2 is 2.14 bits per heavy atom. The molecule has 0 aliphatic heterocycles. The van der Waals surface area contributed by atoms with Crippen molar-refractivity contribution in [1.82, 2.24) is 4.90 Å². The SMILES string of the molecule is O=C(O)c1cc(CN(Cc2cccs2)C2CC2)ccc1F. The third-order valence-electron chi connectivity index (χ3n) is 3.65. The van der Waals surface area contributed by atoms with Gasteiger partial charge in [-0.1, -0.05) is 12.1 Å². The van der Waals surface area contributed by atoms with Gasteiger partial charge >= 0.3 is 5.97 Å². The molecule has 1 aromatic carbocycles. The van der Waals surface area contributed by atoms with Crippen molar-refractivity contribution in [2.45, 2.75) is 32.0 Å². The third-order valence-corrected chi connectivity index (χ3v) is 4.51. The van der Waals surface area contributed by atoms with Crippen molar-refractivity contribution >= 4 is 17.3 Å². The molecule has 2 aromatic rings. The lowest BCUT2D eigenvalue weighted by molar-refractivity contribution is 0.0691. The zero-order valence-corrected chi connectivity index (χ0v) is 12.3. The van der Waals surface area contributed by atoms with Gasteiger partial charge in [0.2, 0.25) is 0 Å². The standard InChI is InChI=1S/C16H16FNO2S/c17-15-6-3-11(8-14(15)16(19)20)9-18(12-4-5-12)10-13-2-1-7-21-13/h1-3,6-8,12H,4-5,9-10H2,(H,19,20). The number of rotatable bonds is 6. The lowest BCUT2D eigenvalue weighted by atomic mass is 10.1. The second-order valence-corrected chi connectivity index (χ2v) is 6.37. The number of thiophene rings is 1. The van der Waals surface area contributed by atoms with E-state index in [0.29, 0.717) is 12.6 Å². The first-order valence-electron chi connectivity index (χ1n) is 6.91. The number of hydrogen-bond acceptors (Lipinski definition) is 3. The number of carboxylic acid groups (broad SMARTS) is 1. The lowest BCUT2D eigenvalue weighted by Crippen LogP contribution is -2.24. The number of aromatic carboxylic acids is 1. The number of benzene rings is 1. The molecule has 1 heterocycles. The van der Waals surface area contributed by atoms with E-state index >= 15 is 0 Å². The van der Waals surface area contributed by atoms with Crippen LogP contribution < -0.4 is 0 Å². The summed E-state index contributed by atoms with van der Waals surface area (Å²) in [6, 6.07) is 9.06. The number of carboxylic acids is 1. The van der Waals surface area contributed by atoms with Gasteiger partial charge in [0.15, 0.2) is 0 Å². The Bertz CT molecular complexity index is 638. The first kappa shape index (κ1) is 14.2. The smallest absolute Gasteiger partial charge is 0.338 e. The monoisotopic (exact) mass is 305 g/mol. The van der Waals surface area contributed by atoms with E-state index in [0.717, 1.165) is 12.1 Å². The number of carbonyl (C=O) groups is 1. The van der Waals surface area contributed by atoms with Crippen molar-refractivity contribution in [3.8, 4) is 0 Å². The maximum absolute atomic E-state index is 13.4. The van der Waals surface area contributed by atoms with Gasteiger partial charge in [-0.2, -0.15) is 0 Å². The van der Waals surface area contributed by atoms with E-state index in [1.165, 1.54) is 29.9 Å². The molecule has 0 saturated heterocycles. The molecule has 0 spiro atoms. The molecule has 1 fully saturated rings. The molecule has 5 heteroatoms. The molecular weight excluding hydrogens is 289 g/mol. The molecule has 1 N–H and O–H groups in total. The van der Waals surface area contributed by atoms with Crippen LogP contribution in [-0.2, 0) is 13.1 Å². The van der Waals surface area contributed by atoms with Crippen LogP contribution in [0.5, 0.6) is 0 Å². The number of nitrogens with zero attached hydrogens (tertiary/aromatic N) is 1. The van der Waals surface area contributed by atoms with Gasteiger partial charge in [-0.05, 0) is 42.0 Å². The fourth-order valence-electron chi connectivity index (χ4n) is 2.43. The van der Waals surface area contributed by atoms with Crippen LogP contribution in [0.25, 0.3) is 0 Å². The molecule has 3 nitrogen and oxygen atoms in total. The number of hydrogen-bond donors (Lipinski definition) is 1. The van der Waals surface area contributed by atoms with Crippen LogP contribution in [0.4, 0.5) is 4.39 Å². The van der Waals surface area contributed by atoms with E-state index in [9.17, 15) is 9.18 Å². The molecule has 0 amide bonds. The summed E-state index contributed by atoms with van der Waals surface area (Å²) in [4.78, 5) is 14.6. The molecule has 1 aromatic heterocycles. The van der Waals surface area contributed by atoms with Crippen LogP contribution in [-0.4, -0.2) is 22.0 Å². The maximum atomic E-state index is 13.4.